The van der Waals surface area contributed by atoms with Gasteiger partial charge in [-0.25, -0.2) is 19.9 Å². The van der Waals surface area contributed by atoms with Gasteiger partial charge in [0.05, 0.1) is 12.5 Å². The third kappa shape index (κ3) is 2.10. The number of thiophene rings is 1. The van der Waals surface area contributed by atoms with Gasteiger partial charge in [0.1, 0.15) is 22.0 Å². The minimum absolute atomic E-state index is 0.449. The van der Waals surface area contributed by atoms with Crippen molar-refractivity contribution in [3.8, 4) is 17.4 Å². The number of methoxy groups -OCH3 is 1. The van der Waals surface area contributed by atoms with E-state index in [0.29, 0.717) is 22.6 Å². The molecule has 0 fully saturated rings. The molecule has 0 spiro atoms. The first kappa shape index (κ1) is 13.2. The maximum Gasteiger partial charge on any atom is 0.216 e. The van der Waals surface area contributed by atoms with Crippen molar-refractivity contribution >= 4 is 33.2 Å². The van der Waals surface area contributed by atoms with Crippen LogP contribution in [0, 0.1) is 13.8 Å². The quantitative estimate of drug-likeness (QED) is 0.679. The average Bonchev–Trinajstić information content (AvgIpc) is 2.74. The van der Waals surface area contributed by atoms with Crippen LogP contribution in [0.5, 0.6) is 5.88 Å². The zero-order valence-electron chi connectivity index (χ0n) is 11.1. The van der Waals surface area contributed by atoms with Crippen LogP contribution < -0.4 is 4.74 Å². The van der Waals surface area contributed by atoms with E-state index in [1.165, 1.54) is 11.2 Å². The fourth-order valence-electron chi connectivity index (χ4n) is 1.89. The highest BCUT2D eigenvalue weighted by molar-refractivity contribution is 7.18. The van der Waals surface area contributed by atoms with Crippen molar-refractivity contribution in [2.75, 3.05) is 7.11 Å². The highest BCUT2D eigenvalue weighted by Gasteiger charge is 2.15. The summed E-state index contributed by atoms with van der Waals surface area (Å²) in [6.07, 6.45) is 1.42. The van der Waals surface area contributed by atoms with Gasteiger partial charge in [0, 0.05) is 10.9 Å². The first-order valence-corrected chi connectivity index (χ1v) is 7.09. The van der Waals surface area contributed by atoms with E-state index in [1.807, 2.05) is 13.8 Å². The zero-order valence-corrected chi connectivity index (χ0v) is 12.7. The Balaban J connectivity index is 2.22. The SMILES string of the molecule is COc1cc(-c2nc(Cl)c3c(C)c(C)sc3n2)ncn1. The second-order valence-electron chi connectivity index (χ2n) is 4.25. The summed E-state index contributed by atoms with van der Waals surface area (Å²) >= 11 is 7.89. The molecule has 0 radical (unpaired) electrons. The van der Waals surface area contributed by atoms with E-state index in [0.717, 1.165) is 15.8 Å². The monoisotopic (exact) mass is 306 g/mol. The van der Waals surface area contributed by atoms with Crippen LogP contribution in [0.2, 0.25) is 5.15 Å². The van der Waals surface area contributed by atoms with Crippen molar-refractivity contribution in [2.24, 2.45) is 0 Å². The van der Waals surface area contributed by atoms with Gasteiger partial charge in [-0.05, 0) is 19.4 Å². The lowest BCUT2D eigenvalue weighted by Gasteiger charge is -2.03. The molecule has 3 aromatic heterocycles. The lowest BCUT2D eigenvalue weighted by atomic mass is 10.2. The van der Waals surface area contributed by atoms with Gasteiger partial charge in [0.2, 0.25) is 5.88 Å². The fourth-order valence-corrected chi connectivity index (χ4v) is 3.29. The Morgan fingerprint density at radius 3 is 2.75 bits per heavy atom. The van der Waals surface area contributed by atoms with Crippen LogP contribution in [0.1, 0.15) is 10.4 Å². The van der Waals surface area contributed by atoms with E-state index in [9.17, 15) is 0 Å². The molecule has 0 bridgehead atoms. The number of aryl methyl sites for hydroxylation is 2. The molecule has 20 heavy (non-hydrogen) atoms. The third-order valence-corrected chi connectivity index (χ3v) is 4.44. The molecule has 102 valence electrons. The number of nitrogens with zero attached hydrogens (tertiary/aromatic N) is 4. The number of hydrogen-bond acceptors (Lipinski definition) is 6. The number of hydrogen-bond donors (Lipinski definition) is 0. The summed E-state index contributed by atoms with van der Waals surface area (Å²) in [7, 11) is 1.55. The van der Waals surface area contributed by atoms with Crippen LogP contribution in [0.4, 0.5) is 0 Å². The highest BCUT2D eigenvalue weighted by atomic mass is 35.5. The van der Waals surface area contributed by atoms with Gasteiger partial charge < -0.3 is 4.74 Å². The molecule has 3 rings (SSSR count). The summed E-state index contributed by atoms with van der Waals surface area (Å²) in [5.74, 6) is 0.942. The summed E-state index contributed by atoms with van der Waals surface area (Å²) in [5, 5.41) is 1.36. The summed E-state index contributed by atoms with van der Waals surface area (Å²) in [6, 6.07) is 1.69. The van der Waals surface area contributed by atoms with Gasteiger partial charge in [0.25, 0.3) is 0 Å². The Morgan fingerprint density at radius 2 is 2.00 bits per heavy atom. The van der Waals surface area contributed by atoms with Gasteiger partial charge in [0.15, 0.2) is 5.82 Å². The van der Waals surface area contributed by atoms with Crippen LogP contribution in [-0.2, 0) is 0 Å². The second kappa shape index (κ2) is 4.96. The first-order chi connectivity index (χ1) is 9.60. The minimum Gasteiger partial charge on any atom is -0.481 e. The van der Waals surface area contributed by atoms with Crippen LogP contribution in [-0.4, -0.2) is 27.0 Å². The molecule has 3 heterocycles. The number of rotatable bonds is 2. The van der Waals surface area contributed by atoms with E-state index in [-0.39, 0.29) is 0 Å². The Morgan fingerprint density at radius 1 is 1.20 bits per heavy atom. The van der Waals surface area contributed by atoms with E-state index >= 15 is 0 Å². The van der Waals surface area contributed by atoms with Crippen LogP contribution in [0.25, 0.3) is 21.7 Å². The van der Waals surface area contributed by atoms with E-state index < -0.39 is 0 Å². The summed E-state index contributed by atoms with van der Waals surface area (Å²) in [5.41, 5.74) is 1.71. The molecule has 0 aliphatic heterocycles. The second-order valence-corrected chi connectivity index (χ2v) is 5.81. The number of halogens is 1. The maximum atomic E-state index is 6.29. The average molecular weight is 307 g/mol. The van der Waals surface area contributed by atoms with Crippen molar-refractivity contribution in [1.82, 2.24) is 19.9 Å². The highest BCUT2D eigenvalue weighted by Crippen LogP contribution is 2.34. The molecule has 3 aromatic rings. The molecule has 0 saturated heterocycles. The first-order valence-electron chi connectivity index (χ1n) is 5.89. The molecule has 0 aromatic carbocycles. The van der Waals surface area contributed by atoms with E-state index in [4.69, 9.17) is 16.3 Å². The summed E-state index contributed by atoms with van der Waals surface area (Å²) in [6.45, 7) is 4.07. The third-order valence-electron chi connectivity index (χ3n) is 3.06. The lowest BCUT2D eigenvalue weighted by Crippen LogP contribution is -1.95. The Bertz CT molecular complexity index is 802. The predicted octanol–water partition coefficient (Wildman–Crippen LogP) is 3.43. The Hall–Kier alpha value is -1.79. The molecule has 0 unspecified atom stereocenters. The molecule has 7 heteroatoms. The van der Waals surface area contributed by atoms with Crippen molar-refractivity contribution in [1.29, 1.82) is 0 Å². The molecule has 0 amide bonds. The Labute approximate surface area is 124 Å². The molecular weight excluding hydrogens is 296 g/mol. The molecule has 0 saturated carbocycles. The van der Waals surface area contributed by atoms with E-state index in [1.54, 1.807) is 24.5 Å². The molecule has 0 atom stereocenters. The molecule has 5 nitrogen and oxygen atoms in total. The standard InChI is InChI=1S/C13H11ClN4OS/c1-6-7(2)20-13-10(6)11(14)17-12(18-13)8-4-9(19-3)16-5-15-8/h4-5H,1-3H3. The normalized spacial score (nSPS) is 11.0. The van der Waals surface area contributed by atoms with Crippen LogP contribution in [0.15, 0.2) is 12.4 Å². The maximum absolute atomic E-state index is 6.29. The van der Waals surface area contributed by atoms with Crippen molar-refractivity contribution in [3.05, 3.63) is 28.0 Å². The zero-order chi connectivity index (χ0) is 14.3. The smallest absolute Gasteiger partial charge is 0.216 e. The minimum atomic E-state index is 0.449. The van der Waals surface area contributed by atoms with Gasteiger partial charge in [-0.1, -0.05) is 11.6 Å². The lowest BCUT2D eigenvalue weighted by molar-refractivity contribution is 0.397. The van der Waals surface area contributed by atoms with Gasteiger partial charge in [-0.3, -0.25) is 0 Å². The largest absolute Gasteiger partial charge is 0.481 e. The summed E-state index contributed by atoms with van der Waals surface area (Å²) in [4.78, 5) is 19.1. The van der Waals surface area contributed by atoms with Crippen molar-refractivity contribution in [3.63, 3.8) is 0 Å². The molecule has 0 aliphatic carbocycles. The molecule has 0 aliphatic rings. The number of fused-ring (bicyclic) bond motifs is 1. The van der Waals surface area contributed by atoms with E-state index in [2.05, 4.69) is 19.9 Å². The van der Waals surface area contributed by atoms with Gasteiger partial charge in [-0.2, -0.15) is 0 Å². The number of aromatic nitrogens is 4. The molecular formula is C13H11ClN4OS. The Kier molecular flexibility index (Phi) is 3.27. The van der Waals surface area contributed by atoms with Gasteiger partial charge >= 0.3 is 0 Å². The van der Waals surface area contributed by atoms with Crippen LogP contribution >= 0.6 is 22.9 Å². The van der Waals surface area contributed by atoms with Gasteiger partial charge in [-0.15, -0.1) is 11.3 Å². The van der Waals surface area contributed by atoms with Crippen molar-refractivity contribution < 1.29 is 4.74 Å². The van der Waals surface area contributed by atoms with Crippen LogP contribution in [0.3, 0.4) is 0 Å². The predicted molar refractivity (Wildman–Crippen MR) is 79.5 cm³/mol. The summed E-state index contributed by atoms with van der Waals surface area (Å²) < 4.78 is 5.08. The number of ether oxygens (including phenoxy) is 1. The molecule has 0 N–H and O–H groups in total. The van der Waals surface area contributed by atoms with Crippen molar-refractivity contribution in [2.45, 2.75) is 13.8 Å². The topological polar surface area (TPSA) is 60.8 Å². The fraction of sp³-hybridized carbons (Fsp3) is 0.231.